The van der Waals surface area contributed by atoms with E-state index in [1.54, 1.807) is 28.8 Å². The SMILES string of the molecule is O=C(CCCN1C(=O)/C(=C/c2cccs2)SC1=S)NCCCn1ccnc1. The van der Waals surface area contributed by atoms with Crippen LogP contribution in [-0.4, -0.2) is 43.7 Å². The number of rotatable bonds is 9. The summed E-state index contributed by atoms with van der Waals surface area (Å²) in [7, 11) is 0. The monoisotopic (exact) mass is 420 g/mol. The second-order valence-corrected chi connectivity index (χ2v) is 8.61. The van der Waals surface area contributed by atoms with Crippen molar-refractivity contribution in [2.75, 3.05) is 13.1 Å². The molecule has 0 spiro atoms. The number of hydrogen-bond donors (Lipinski definition) is 1. The number of nitrogens with one attached hydrogen (secondary N) is 1. The number of nitrogens with zero attached hydrogens (tertiary/aromatic N) is 3. The first-order valence-electron chi connectivity index (χ1n) is 8.65. The minimum Gasteiger partial charge on any atom is -0.356 e. The van der Waals surface area contributed by atoms with Crippen molar-refractivity contribution in [3.05, 3.63) is 46.0 Å². The highest BCUT2D eigenvalue weighted by Gasteiger charge is 2.31. The summed E-state index contributed by atoms with van der Waals surface area (Å²) in [4.78, 5) is 31.7. The van der Waals surface area contributed by atoms with Gasteiger partial charge in [-0.25, -0.2) is 4.98 Å². The maximum atomic E-state index is 12.5. The van der Waals surface area contributed by atoms with Crippen molar-refractivity contribution in [1.82, 2.24) is 19.8 Å². The Balaban J connectivity index is 1.36. The second-order valence-electron chi connectivity index (χ2n) is 5.96. The van der Waals surface area contributed by atoms with Gasteiger partial charge in [0, 0.05) is 43.3 Å². The van der Waals surface area contributed by atoms with Crippen LogP contribution in [0.15, 0.2) is 41.1 Å². The predicted molar refractivity (Wildman–Crippen MR) is 113 cm³/mol. The highest BCUT2D eigenvalue weighted by Crippen LogP contribution is 2.33. The molecule has 27 heavy (non-hydrogen) atoms. The van der Waals surface area contributed by atoms with Gasteiger partial charge in [-0.15, -0.1) is 11.3 Å². The lowest BCUT2D eigenvalue weighted by Crippen LogP contribution is -2.31. The number of thiocarbonyl (C=S) groups is 1. The van der Waals surface area contributed by atoms with Crippen LogP contribution in [0.4, 0.5) is 0 Å². The molecule has 6 nitrogen and oxygen atoms in total. The van der Waals surface area contributed by atoms with Crippen LogP contribution >= 0.6 is 35.3 Å². The number of thiophene rings is 1. The van der Waals surface area contributed by atoms with Crippen molar-refractivity contribution in [2.45, 2.75) is 25.8 Å². The molecule has 0 aliphatic carbocycles. The zero-order valence-corrected chi connectivity index (χ0v) is 17.1. The first-order valence-corrected chi connectivity index (χ1v) is 10.8. The molecule has 9 heteroatoms. The Labute approximate surface area is 171 Å². The molecular weight excluding hydrogens is 400 g/mol. The molecule has 3 rings (SSSR count). The molecule has 1 saturated heterocycles. The summed E-state index contributed by atoms with van der Waals surface area (Å²) >= 11 is 8.22. The molecule has 0 unspecified atom stereocenters. The summed E-state index contributed by atoms with van der Waals surface area (Å²) in [6.45, 7) is 1.92. The zero-order chi connectivity index (χ0) is 19.1. The average molecular weight is 421 g/mol. The number of aryl methyl sites for hydroxylation is 1. The Morgan fingerprint density at radius 3 is 2.96 bits per heavy atom. The fraction of sp³-hybridized carbons (Fsp3) is 0.333. The number of thioether (sulfide) groups is 1. The van der Waals surface area contributed by atoms with Gasteiger partial charge in [0.2, 0.25) is 5.91 Å². The van der Waals surface area contributed by atoms with E-state index in [0.29, 0.717) is 35.2 Å². The summed E-state index contributed by atoms with van der Waals surface area (Å²) in [5.41, 5.74) is 0. The van der Waals surface area contributed by atoms with Crippen molar-refractivity contribution in [3.8, 4) is 0 Å². The molecule has 0 bridgehead atoms. The van der Waals surface area contributed by atoms with Gasteiger partial charge in [-0.2, -0.15) is 0 Å². The largest absolute Gasteiger partial charge is 0.356 e. The van der Waals surface area contributed by atoms with Crippen LogP contribution in [0.1, 0.15) is 24.1 Å². The van der Waals surface area contributed by atoms with Crippen LogP contribution < -0.4 is 5.32 Å². The van der Waals surface area contributed by atoms with Gasteiger partial charge < -0.3 is 9.88 Å². The molecule has 1 aliphatic heterocycles. The molecule has 1 aliphatic rings. The van der Waals surface area contributed by atoms with Gasteiger partial charge >= 0.3 is 0 Å². The first-order chi connectivity index (χ1) is 13.1. The number of carbonyl (C=O) groups is 2. The maximum Gasteiger partial charge on any atom is 0.266 e. The van der Waals surface area contributed by atoms with Crippen molar-refractivity contribution in [1.29, 1.82) is 0 Å². The first kappa shape index (κ1) is 19.8. The van der Waals surface area contributed by atoms with Gasteiger partial charge in [-0.1, -0.05) is 30.0 Å². The summed E-state index contributed by atoms with van der Waals surface area (Å²) in [6.07, 6.45) is 9.09. The van der Waals surface area contributed by atoms with Crippen molar-refractivity contribution in [2.24, 2.45) is 0 Å². The minimum atomic E-state index is -0.0702. The smallest absolute Gasteiger partial charge is 0.266 e. The van der Waals surface area contributed by atoms with E-state index in [-0.39, 0.29) is 11.8 Å². The Morgan fingerprint density at radius 2 is 2.22 bits per heavy atom. The number of amides is 2. The molecule has 1 fully saturated rings. The molecule has 2 amide bonds. The molecule has 0 radical (unpaired) electrons. The lowest BCUT2D eigenvalue weighted by molar-refractivity contribution is -0.124. The van der Waals surface area contributed by atoms with Crippen molar-refractivity contribution >= 4 is 57.5 Å². The molecular formula is C18H20N4O2S3. The van der Waals surface area contributed by atoms with E-state index in [1.165, 1.54) is 11.8 Å². The number of imidazole rings is 1. The molecule has 2 aromatic rings. The topological polar surface area (TPSA) is 67.2 Å². The van der Waals surface area contributed by atoms with Crippen LogP contribution in [-0.2, 0) is 16.1 Å². The fourth-order valence-corrected chi connectivity index (χ4v) is 4.62. The summed E-state index contributed by atoms with van der Waals surface area (Å²) in [5.74, 6) is -0.0701. The quantitative estimate of drug-likeness (QED) is 0.384. The highest BCUT2D eigenvalue weighted by molar-refractivity contribution is 8.26. The van der Waals surface area contributed by atoms with Gasteiger partial charge in [-0.3, -0.25) is 14.5 Å². The van der Waals surface area contributed by atoms with E-state index in [9.17, 15) is 9.59 Å². The van der Waals surface area contributed by atoms with E-state index >= 15 is 0 Å². The normalized spacial score (nSPS) is 15.7. The lowest BCUT2D eigenvalue weighted by atomic mass is 10.2. The standard InChI is InChI=1S/C18H20N4O2S3/c23-16(20-6-3-8-21-10-7-19-13-21)5-1-9-22-17(24)15(27-18(22)25)12-14-4-2-11-26-14/h2,4,7,10-13H,1,3,5-6,8-9H2,(H,20,23)/b15-12-. The average Bonchev–Trinajstić information content (AvgIpc) is 3.39. The highest BCUT2D eigenvalue weighted by atomic mass is 32.2. The van der Waals surface area contributed by atoms with Crippen LogP contribution in [0.25, 0.3) is 6.08 Å². The summed E-state index contributed by atoms with van der Waals surface area (Å²) in [6, 6.07) is 3.92. The van der Waals surface area contributed by atoms with Crippen LogP contribution in [0, 0.1) is 0 Å². The van der Waals surface area contributed by atoms with Gasteiger partial charge in [0.1, 0.15) is 4.32 Å². The van der Waals surface area contributed by atoms with Gasteiger partial charge in [-0.05, 0) is 30.4 Å². The fourth-order valence-electron chi connectivity index (χ4n) is 2.59. The number of aromatic nitrogens is 2. The molecule has 0 saturated carbocycles. The third-order valence-corrected chi connectivity index (χ3v) is 6.15. The molecule has 142 valence electrons. The summed E-state index contributed by atoms with van der Waals surface area (Å²) < 4.78 is 2.54. The lowest BCUT2D eigenvalue weighted by Gasteiger charge is -2.14. The van der Waals surface area contributed by atoms with Crippen LogP contribution in [0.3, 0.4) is 0 Å². The van der Waals surface area contributed by atoms with E-state index in [1.807, 2.05) is 34.4 Å². The van der Waals surface area contributed by atoms with Gasteiger partial charge in [0.15, 0.2) is 0 Å². The van der Waals surface area contributed by atoms with Crippen molar-refractivity contribution in [3.63, 3.8) is 0 Å². The Kier molecular flexibility index (Phi) is 7.19. The molecule has 0 aromatic carbocycles. The molecule has 2 aromatic heterocycles. The molecule has 1 N–H and O–H groups in total. The Bertz CT molecular complexity index is 816. The third-order valence-electron chi connectivity index (χ3n) is 3.95. The number of hydrogen-bond acceptors (Lipinski definition) is 6. The summed E-state index contributed by atoms with van der Waals surface area (Å²) in [5, 5.41) is 4.88. The number of carbonyl (C=O) groups excluding carboxylic acids is 2. The van der Waals surface area contributed by atoms with Crippen LogP contribution in [0.5, 0.6) is 0 Å². The van der Waals surface area contributed by atoms with E-state index < -0.39 is 0 Å². The third kappa shape index (κ3) is 5.75. The van der Waals surface area contributed by atoms with Crippen molar-refractivity contribution < 1.29 is 9.59 Å². The molecule has 3 heterocycles. The Morgan fingerprint density at radius 1 is 1.33 bits per heavy atom. The minimum absolute atomic E-state index is 0.000185. The predicted octanol–water partition coefficient (Wildman–Crippen LogP) is 3.13. The van der Waals surface area contributed by atoms with E-state index in [2.05, 4.69) is 10.3 Å². The van der Waals surface area contributed by atoms with Gasteiger partial charge in [0.05, 0.1) is 11.2 Å². The Hall–Kier alpha value is -1.97. The van der Waals surface area contributed by atoms with E-state index in [0.717, 1.165) is 17.8 Å². The van der Waals surface area contributed by atoms with Gasteiger partial charge in [0.25, 0.3) is 5.91 Å². The maximum absolute atomic E-state index is 12.5. The van der Waals surface area contributed by atoms with E-state index in [4.69, 9.17) is 12.2 Å². The second kappa shape index (κ2) is 9.82. The zero-order valence-electron chi connectivity index (χ0n) is 14.7. The van der Waals surface area contributed by atoms with Crippen LogP contribution in [0.2, 0.25) is 0 Å². The molecule has 0 atom stereocenters.